The Hall–Kier alpha value is -5.53. The van der Waals surface area contributed by atoms with Crippen LogP contribution in [0, 0.1) is 11.3 Å². The van der Waals surface area contributed by atoms with Gasteiger partial charge in [0.05, 0.1) is 17.4 Å². The van der Waals surface area contributed by atoms with Crippen molar-refractivity contribution in [2.45, 2.75) is 20.8 Å². The predicted molar refractivity (Wildman–Crippen MR) is 169 cm³/mol. The minimum atomic E-state index is 0.631. The molecule has 0 spiro atoms. The SMILES string of the molecule is CC1=C/C(=C(/C)C#N)C=C(/C=C2\C=C(C)c3ccc(N4c5ccccc5-c5ccccc5-c5ccccc54)cc3O2)O1. The fourth-order valence-electron chi connectivity index (χ4n) is 5.88. The lowest BCUT2D eigenvalue weighted by Crippen LogP contribution is -2.12. The molecule has 0 saturated carbocycles. The standard InChI is InChI=1S/C38H28N2O2/c1-24-18-29(22-30-20-27(25(2)23-39)19-26(3)41-30)42-38-21-28(16-17-31(24)38)40-36-14-8-6-12-34(36)32-10-4-5-11-33(32)35-13-7-9-15-37(35)40/h4-22H,1-3H3/b27-25+,29-22+. The predicted octanol–water partition coefficient (Wildman–Crippen LogP) is 10.1. The van der Waals surface area contributed by atoms with Gasteiger partial charge in [-0.25, -0.2) is 0 Å². The summed E-state index contributed by atoms with van der Waals surface area (Å²) >= 11 is 0. The quantitative estimate of drug-likeness (QED) is 0.207. The van der Waals surface area contributed by atoms with Crippen molar-refractivity contribution >= 4 is 22.6 Å². The number of benzene rings is 4. The van der Waals surface area contributed by atoms with Crippen LogP contribution in [0.5, 0.6) is 5.75 Å². The van der Waals surface area contributed by atoms with E-state index in [0.29, 0.717) is 17.1 Å². The van der Waals surface area contributed by atoms with Gasteiger partial charge in [-0.1, -0.05) is 60.7 Å². The summed E-state index contributed by atoms with van der Waals surface area (Å²) < 4.78 is 12.5. The second kappa shape index (κ2) is 10.1. The number of hydrogen-bond donors (Lipinski definition) is 0. The molecule has 0 aliphatic carbocycles. The van der Waals surface area contributed by atoms with E-state index < -0.39 is 0 Å². The van der Waals surface area contributed by atoms with E-state index in [0.717, 1.165) is 45.3 Å². The Kier molecular flexibility index (Phi) is 6.14. The average molecular weight is 545 g/mol. The highest BCUT2D eigenvalue weighted by atomic mass is 16.5. The van der Waals surface area contributed by atoms with Crippen LogP contribution < -0.4 is 9.64 Å². The first kappa shape index (κ1) is 25.4. The van der Waals surface area contributed by atoms with Crippen molar-refractivity contribution in [2.24, 2.45) is 0 Å². The van der Waals surface area contributed by atoms with Crippen molar-refractivity contribution in [1.29, 1.82) is 5.26 Å². The Bertz CT molecular complexity index is 1910. The Morgan fingerprint density at radius 1 is 0.714 bits per heavy atom. The van der Waals surface area contributed by atoms with Gasteiger partial charge in [0.15, 0.2) is 0 Å². The summed E-state index contributed by atoms with van der Waals surface area (Å²) in [6.07, 6.45) is 7.65. The molecule has 7 rings (SSSR count). The van der Waals surface area contributed by atoms with Crippen LogP contribution in [0.25, 0.3) is 27.8 Å². The molecule has 202 valence electrons. The fourth-order valence-corrected chi connectivity index (χ4v) is 5.88. The monoisotopic (exact) mass is 544 g/mol. The number of rotatable bonds is 2. The van der Waals surface area contributed by atoms with Gasteiger partial charge in [-0.15, -0.1) is 0 Å². The van der Waals surface area contributed by atoms with E-state index in [4.69, 9.17) is 9.47 Å². The average Bonchev–Trinajstić information content (AvgIpc) is 3.13. The second-order valence-electron chi connectivity index (χ2n) is 10.7. The lowest BCUT2D eigenvalue weighted by atomic mass is 9.95. The van der Waals surface area contributed by atoms with Crippen molar-refractivity contribution in [1.82, 2.24) is 0 Å². The molecule has 3 heterocycles. The third kappa shape index (κ3) is 4.33. The first-order valence-corrected chi connectivity index (χ1v) is 14.0. The van der Waals surface area contributed by atoms with Gasteiger partial charge in [0, 0.05) is 40.1 Å². The Morgan fingerprint density at radius 3 is 1.98 bits per heavy atom. The van der Waals surface area contributed by atoms with E-state index >= 15 is 0 Å². The van der Waals surface area contributed by atoms with Gasteiger partial charge in [-0.2, -0.15) is 5.26 Å². The topological polar surface area (TPSA) is 45.5 Å². The number of fused-ring (bicyclic) bond motifs is 6. The minimum absolute atomic E-state index is 0.631. The largest absolute Gasteiger partial charge is 0.462 e. The molecule has 4 nitrogen and oxygen atoms in total. The Balaban J connectivity index is 1.34. The number of ether oxygens (including phenoxy) is 2. The molecule has 0 atom stereocenters. The van der Waals surface area contributed by atoms with Gasteiger partial charge in [0.2, 0.25) is 0 Å². The molecule has 0 radical (unpaired) electrons. The normalized spacial score (nSPS) is 17.0. The molecule has 4 heteroatoms. The lowest BCUT2D eigenvalue weighted by molar-refractivity contribution is 0.313. The minimum Gasteiger partial charge on any atom is -0.462 e. The van der Waals surface area contributed by atoms with Gasteiger partial charge in [0.25, 0.3) is 0 Å². The summed E-state index contributed by atoms with van der Waals surface area (Å²) in [5, 5.41) is 9.39. The maximum atomic E-state index is 9.39. The van der Waals surface area contributed by atoms with E-state index in [1.807, 2.05) is 38.2 Å². The van der Waals surface area contributed by atoms with Crippen LogP contribution in [-0.2, 0) is 4.74 Å². The van der Waals surface area contributed by atoms with Crippen LogP contribution in [0.4, 0.5) is 17.1 Å². The van der Waals surface area contributed by atoms with E-state index in [1.165, 1.54) is 22.3 Å². The first-order valence-electron chi connectivity index (χ1n) is 14.0. The van der Waals surface area contributed by atoms with Crippen molar-refractivity contribution in [3.8, 4) is 34.1 Å². The molecule has 3 aliphatic rings. The van der Waals surface area contributed by atoms with E-state index in [9.17, 15) is 5.26 Å². The van der Waals surface area contributed by atoms with E-state index in [-0.39, 0.29) is 0 Å². The van der Waals surface area contributed by atoms with Crippen LogP contribution in [0.1, 0.15) is 26.3 Å². The highest BCUT2D eigenvalue weighted by Gasteiger charge is 2.27. The van der Waals surface area contributed by atoms with Gasteiger partial charge in [-0.3, -0.25) is 0 Å². The highest BCUT2D eigenvalue weighted by molar-refractivity contribution is 6.02. The van der Waals surface area contributed by atoms with Crippen LogP contribution in [-0.4, -0.2) is 0 Å². The molecule has 0 N–H and O–H groups in total. The Labute approximate surface area is 246 Å². The highest BCUT2D eigenvalue weighted by Crippen LogP contribution is 2.51. The number of allylic oxidation sites excluding steroid dienone is 8. The van der Waals surface area contributed by atoms with E-state index in [2.05, 4.69) is 109 Å². The molecule has 0 amide bonds. The third-order valence-corrected chi connectivity index (χ3v) is 7.85. The first-order chi connectivity index (χ1) is 20.5. The van der Waals surface area contributed by atoms with Crippen LogP contribution in [0.2, 0.25) is 0 Å². The summed E-state index contributed by atoms with van der Waals surface area (Å²) in [6, 6.07) is 34.4. The maximum absolute atomic E-state index is 9.39. The summed E-state index contributed by atoms with van der Waals surface area (Å²) in [5.41, 5.74) is 11.7. The fraction of sp³-hybridized carbons (Fsp3) is 0.0789. The van der Waals surface area contributed by atoms with Crippen molar-refractivity contribution in [2.75, 3.05) is 4.90 Å². The van der Waals surface area contributed by atoms with Crippen molar-refractivity contribution in [3.63, 3.8) is 0 Å². The van der Waals surface area contributed by atoms with Gasteiger partial charge >= 0.3 is 0 Å². The number of hydrogen-bond acceptors (Lipinski definition) is 4. The smallest absolute Gasteiger partial charge is 0.137 e. The molecular weight excluding hydrogens is 516 g/mol. The number of nitrogens with zero attached hydrogens (tertiary/aromatic N) is 2. The van der Waals surface area contributed by atoms with Gasteiger partial charge in [-0.05, 0) is 85.5 Å². The maximum Gasteiger partial charge on any atom is 0.137 e. The second-order valence-corrected chi connectivity index (χ2v) is 10.7. The van der Waals surface area contributed by atoms with Crippen molar-refractivity contribution in [3.05, 3.63) is 149 Å². The molecule has 3 aliphatic heterocycles. The van der Waals surface area contributed by atoms with Crippen LogP contribution in [0.15, 0.2) is 144 Å². The zero-order valence-electron chi connectivity index (χ0n) is 23.7. The Morgan fingerprint density at radius 2 is 1.33 bits per heavy atom. The van der Waals surface area contributed by atoms with Crippen molar-refractivity contribution < 1.29 is 9.47 Å². The summed E-state index contributed by atoms with van der Waals surface area (Å²) in [7, 11) is 0. The van der Waals surface area contributed by atoms with Crippen LogP contribution in [0.3, 0.4) is 0 Å². The molecule has 0 saturated heterocycles. The number of anilines is 3. The number of nitriles is 1. The molecular formula is C38H28N2O2. The van der Waals surface area contributed by atoms with Crippen LogP contribution >= 0.6 is 0 Å². The molecule has 0 fully saturated rings. The third-order valence-electron chi connectivity index (χ3n) is 7.85. The molecule has 42 heavy (non-hydrogen) atoms. The summed E-state index contributed by atoms with van der Waals surface area (Å²) in [6.45, 7) is 5.78. The van der Waals surface area contributed by atoms with E-state index in [1.54, 1.807) is 0 Å². The molecule has 0 unspecified atom stereocenters. The molecule has 4 aromatic carbocycles. The van der Waals surface area contributed by atoms with Gasteiger partial charge in [0.1, 0.15) is 23.0 Å². The molecule has 0 bridgehead atoms. The summed E-state index contributed by atoms with van der Waals surface area (Å²) in [4.78, 5) is 2.33. The van der Waals surface area contributed by atoms with Gasteiger partial charge < -0.3 is 14.4 Å². The zero-order chi connectivity index (χ0) is 28.8. The zero-order valence-corrected chi connectivity index (χ0v) is 23.7. The number of para-hydroxylation sites is 2. The lowest BCUT2D eigenvalue weighted by Gasteiger charge is -2.29. The molecule has 4 aromatic rings. The summed E-state index contributed by atoms with van der Waals surface area (Å²) in [5.74, 6) is 2.82. The molecule has 0 aromatic heterocycles.